The molecular weight excluding hydrogens is 190 g/mol. The van der Waals surface area contributed by atoms with Crippen molar-refractivity contribution in [3.8, 4) is 0 Å². The Balaban J connectivity index is 2.18. The predicted octanol–water partition coefficient (Wildman–Crippen LogP) is 1.84. The number of carbonyl (C=O) groups is 1. The Labute approximate surface area is 92.1 Å². The number of methoxy groups -OCH3 is 1. The van der Waals surface area contributed by atoms with E-state index in [0.29, 0.717) is 0 Å². The summed E-state index contributed by atoms with van der Waals surface area (Å²) in [6.07, 6.45) is 6.98. The zero-order chi connectivity index (χ0) is 11.1. The highest BCUT2D eigenvalue weighted by molar-refractivity contribution is 5.81. The number of piperidine rings is 1. The smallest absolute Gasteiger partial charge is 0.330 e. The highest BCUT2D eigenvalue weighted by Gasteiger charge is 2.16. The molecular formula is C12H21NO2. The van der Waals surface area contributed by atoms with Crippen LogP contribution in [0.1, 0.15) is 26.2 Å². The molecule has 0 unspecified atom stereocenters. The van der Waals surface area contributed by atoms with E-state index in [1.54, 1.807) is 0 Å². The highest BCUT2D eigenvalue weighted by atomic mass is 16.5. The maximum Gasteiger partial charge on any atom is 0.330 e. The average molecular weight is 211 g/mol. The molecule has 0 aromatic rings. The standard InChI is InChI=1S/C12H21NO2/c1-3-13-9-7-11(8-10-13)5-4-6-12(14)15-2/h4,6,11H,3,5,7-10H2,1-2H3/b6-4-. The van der Waals surface area contributed by atoms with Crippen molar-refractivity contribution >= 4 is 5.97 Å². The Morgan fingerprint density at radius 2 is 2.13 bits per heavy atom. The predicted molar refractivity (Wildman–Crippen MR) is 60.6 cm³/mol. The third-order valence-electron chi connectivity index (χ3n) is 3.08. The minimum absolute atomic E-state index is 0.249. The summed E-state index contributed by atoms with van der Waals surface area (Å²) in [7, 11) is 1.41. The van der Waals surface area contributed by atoms with E-state index in [4.69, 9.17) is 0 Å². The number of ether oxygens (including phenoxy) is 1. The molecule has 0 aromatic heterocycles. The first-order valence-electron chi connectivity index (χ1n) is 5.73. The van der Waals surface area contributed by atoms with E-state index in [1.165, 1.54) is 39.1 Å². The fourth-order valence-corrected chi connectivity index (χ4v) is 1.96. The van der Waals surface area contributed by atoms with Gasteiger partial charge in [0.2, 0.25) is 0 Å². The molecule has 1 aliphatic rings. The van der Waals surface area contributed by atoms with Gasteiger partial charge in [-0.2, -0.15) is 0 Å². The number of esters is 1. The molecule has 0 bridgehead atoms. The topological polar surface area (TPSA) is 29.5 Å². The van der Waals surface area contributed by atoms with Crippen LogP contribution < -0.4 is 0 Å². The van der Waals surface area contributed by atoms with Crippen molar-refractivity contribution in [3.63, 3.8) is 0 Å². The molecule has 1 saturated heterocycles. The molecule has 86 valence electrons. The van der Waals surface area contributed by atoms with E-state index in [9.17, 15) is 4.79 Å². The lowest BCUT2D eigenvalue weighted by Gasteiger charge is -2.30. The van der Waals surface area contributed by atoms with Gasteiger partial charge in [0.05, 0.1) is 7.11 Å². The van der Waals surface area contributed by atoms with Crippen LogP contribution in [-0.2, 0) is 9.53 Å². The molecule has 0 atom stereocenters. The van der Waals surface area contributed by atoms with Gasteiger partial charge in [-0.3, -0.25) is 0 Å². The zero-order valence-corrected chi connectivity index (χ0v) is 9.74. The molecule has 0 aromatic carbocycles. The van der Waals surface area contributed by atoms with Crippen molar-refractivity contribution in [1.29, 1.82) is 0 Å². The van der Waals surface area contributed by atoms with Crippen molar-refractivity contribution in [2.75, 3.05) is 26.7 Å². The summed E-state index contributed by atoms with van der Waals surface area (Å²) in [6.45, 7) is 5.77. The monoisotopic (exact) mass is 211 g/mol. The van der Waals surface area contributed by atoms with E-state index < -0.39 is 0 Å². The number of allylic oxidation sites excluding steroid dienone is 1. The van der Waals surface area contributed by atoms with Crippen LogP contribution in [0.4, 0.5) is 0 Å². The SMILES string of the molecule is CCN1CCC(C/C=C\C(=O)OC)CC1. The van der Waals surface area contributed by atoms with Crippen LogP contribution in [0.25, 0.3) is 0 Å². The van der Waals surface area contributed by atoms with Crippen LogP contribution in [0.15, 0.2) is 12.2 Å². The molecule has 1 aliphatic heterocycles. The Bertz CT molecular complexity index is 218. The quantitative estimate of drug-likeness (QED) is 0.525. The van der Waals surface area contributed by atoms with Crippen molar-refractivity contribution in [1.82, 2.24) is 4.90 Å². The van der Waals surface area contributed by atoms with Crippen LogP contribution in [0.5, 0.6) is 0 Å². The first kappa shape index (κ1) is 12.2. The highest BCUT2D eigenvalue weighted by Crippen LogP contribution is 2.20. The van der Waals surface area contributed by atoms with Gasteiger partial charge in [-0.15, -0.1) is 0 Å². The fourth-order valence-electron chi connectivity index (χ4n) is 1.96. The Hall–Kier alpha value is -0.830. The number of rotatable bonds is 4. The van der Waals surface area contributed by atoms with E-state index in [-0.39, 0.29) is 5.97 Å². The second-order valence-corrected chi connectivity index (χ2v) is 4.04. The lowest BCUT2D eigenvalue weighted by molar-refractivity contribution is -0.134. The van der Waals surface area contributed by atoms with E-state index in [2.05, 4.69) is 16.6 Å². The lowest BCUT2D eigenvalue weighted by Crippen LogP contribution is -2.33. The number of nitrogens with zero attached hydrogens (tertiary/aromatic N) is 1. The summed E-state index contributed by atoms with van der Waals surface area (Å²) in [5.74, 6) is 0.495. The second-order valence-electron chi connectivity index (χ2n) is 4.04. The maximum absolute atomic E-state index is 10.8. The van der Waals surface area contributed by atoms with Crippen LogP contribution in [0.2, 0.25) is 0 Å². The van der Waals surface area contributed by atoms with Crippen LogP contribution >= 0.6 is 0 Å². The average Bonchev–Trinajstić information content (AvgIpc) is 2.29. The van der Waals surface area contributed by atoms with Crippen LogP contribution in [-0.4, -0.2) is 37.6 Å². The van der Waals surface area contributed by atoms with E-state index in [0.717, 1.165) is 18.9 Å². The summed E-state index contributed by atoms with van der Waals surface area (Å²) in [5.41, 5.74) is 0. The molecule has 3 heteroatoms. The van der Waals surface area contributed by atoms with E-state index >= 15 is 0 Å². The first-order chi connectivity index (χ1) is 7.26. The Morgan fingerprint density at radius 1 is 1.47 bits per heavy atom. The molecule has 0 saturated carbocycles. The van der Waals surface area contributed by atoms with Gasteiger partial charge in [0.25, 0.3) is 0 Å². The summed E-state index contributed by atoms with van der Waals surface area (Å²) in [5, 5.41) is 0. The second kappa shape index (κ2) is 6.62. The minimum atomic E-state index is -0.249. The number of hydrogen-bond donors (Lipinski definition) is 0. The van der Waals surface area contributed by atoms with Crippen molar-refractivity contribution in [2.45, 2.75) is 26.2 Å². The molecule has 0 aliphatic carbocycles. The number of carbonyl (C=O) groups excluding carboxylic acids is 1. The molecule has 15 heavy (non-hydrogen) atoms. The number of hydrogen-bond acceptors (Lipinski definition) is 3. The summed E-state index contributed by atoms with van der Waals surface area (Å²) >= 11 is 0. The number of likely N-dealkylation sites (tertiary alicyclic amines) is 1. The van der Waals surface area contributed by atoms with E-state index in [1.807, 2.05) is 6.08 Å². The van der Waals surface area contributed by atoms with Gasteiger partial charge in [-0.05, 0) is 44.8 Å². The maximum atomic E-state index is 10.8. The van der Waals surface area contributed by atoms with Gasteiger partial charge in [-0.25, -0.2) is 4.79 Å². The third kappa shape index (κ3) is 4.47. The van der Waals surface area contributed by atoms with Crippen molar-refractivity contribution in [3.05, 3.63) is 12.2 Å². The molecule has 3 nitrogen and oxygen atoms in total. The van der Waals surface area contributed by atoms with Gasteiger partial charge in [0, 0.05) is 6.08 Å². The van der Waals surface area contributed by atoms with Gasteiger partial charge in [-0.1, -0.05) is 13.0 Å². The fraction of sp³-hybridized carbons (Fsp3) is 0.750. The summed E-state index contributed by atoms with van der Waals surface area (Å²) in [6, 6.07) is 0. The normalized spacial score (nSPS) is 19.6. The lowest BCUT2D eigenvalue weighted by atomic mass is 9.93. The van der Waals surface area contributed by atoms with Gasteiger partial charge < -0.3 is 9.64 Å². The molecule has 1 heterocycles. The molecule has 1 rings (SSSR count). The third-order valence-corrected chi connectivity index (χ3v) is 3.08. The van der Waals surface area contributed by atoms with Gasteiger partial charge in [0.15, 0.2) is 0 Å². The molecule has 0 spiro atoms. The van der Waals surface area contributed by atoms with Crippen LogP contribution in [0, 0.1) is 5.92 Å². The first-order valence-corrected chi connectivity index (χ1v) is 5.73. The van der Waals surface area contributed by atoms with Gasteiger partial charge in [0.1, 0.15) is 0 Å². The van der Waals surface area contributed by atoms with Crippen LogP contribution in [0.3, 0.4) is 0 Å². The molecule has 1 fully saturated rings. The summed E-state index contributed by atoms with van der Waals surface area (Å²) in [4.78, 5) is 13.3. The van der Waals surface area contributed by atoms with Gasteiger partial charge >= 0.3 is 5.97 Å². The molecule has 0 N–H and O–H groups in total. The van der Waals surface area contributed by atoms with Crippen molar-refractivity contribution < 1.29 is 9.53 Å². The Kier molecular flexibility index (Phi) is 5.40. The van der Waals surface area contributed by atoms with Crippen molar-refractivity contribution in [2.24, 2.45) is 5.92 Å². The largest absolute Gasteiger partial charge is 0.466 e. The minimum Gasteiger partial charge on any atom is -0.466 e. The summed E-state index contributed by atoms with van der Waals surface area (Å²) < 4.78 is 4.54. The Morgan fingerprint density at radius 3 is 2.67 bits per heavy atom. The molecule has 0 radical (unpaired) electrons. The zero-order valence-electron chi connectivity index (χ0n) is 9.74. The molecule has 0 amide bonds.